The molecule has 0 saturated carbocycles. The molecule has 0 aliphatic carbocycles. The molecule has 0 spiro atoms. The molecule has 0 amide bonds. The zero-order chi connectivity index (χ0) is 9.78. The molecule has 0 nitrogen and oxygen atoms in total. The van der Waals surface area contributed by atoms with Crippen LogP contribution < -0.4 is 0 Å². The van der Waals surface area contributed by atoms with Gasteiger partial charge < -0.3 is 0 Å². The number of hydrogen-bond acceptors (Lipinski definition) is 1. The van der Waals surface area contributed by atoms with Crippen molar-refractivity contribution >= 4 is 12.6 Å². The molecule has 0 N–H and O–H groups in total. The van der Waals surface area contributed by atoms with E-state index in [0.717, 1.165) is 5.75 Å². The first-order chi connectivity index (χ1) is 6.41. The SMILES string of the molecule is C=CCCCCCCCCCCS. The third-order valence-corrected chi connectivity index (χ3v) is 2.63. The van der Waals surface area contributed by atoms with Gasteiger partial charge in [0.25, 0.3) is 0 Å². The Bertz CT molecular complexity index is 99.3. The van der Waals surface area contributed by atoms with E-state index in [2.05, 4.69) is 19.2 Å². The van der Waals surface area contributed by atoms with Crippen LogP contribution in [0.4, 0.5) is 0 Å². The Morgan fingerprint density at radius 2 is 1.23 bits per heavy atom. The lowest BCUT2D eigenvalue weighted by Gasteiger charge is -2.00. The summed E-state index contributed by atoms with van der Waals surface area (Å²) in [6, 6.07) is 0. The normalized spacial score (nSPS) is 10.2. The molecule has 0 atom stereocenters. The fourth-order valence-electron chi connectivity index (χ4n) is 1.46. The highest BCUT2D eigenvalue weighted by Crippen LogP contribution is 2.09. The second-order valence-corrected chi connectivity index (χ2v) is 4.08. The van der Waals surface area contributed by atoms with Crippen LogP contribution in [0.2, 0.25) is 0 Å². The van der Waals surface area contributed by atoms with Crippen LogP contribution in [0.15, 0.2) is 12.7 Å². The van der Waals surface area contributed by atoms with Gasteiger partial charge in [-0.3, -0.25) is 0 Å². The summed E-state index contributed by atoms with van der Waals surface area (Å²) in [5, 5.41) is 0. The molecule has 78 valence electrons. The quantitative estimate of drug-likeness (QED) is 0.297. The first kappa shape index (κ1) is 13.1. The van der Waals surface area contributed by atoms with Crippen LogP contribution in [0, 0.1) is 0 Å². The molecule has 0 bridgehead atoms. The molecule has 0 fully saturated rings. The minimum atomic E-state index is 1.05. The van der Waals surface area contributed by atoms with E-state index in [9.17, 15) is 0 Å². The molecule has 0 unspecified atom stereocenters. The smallest absolute Gasteiger partial charge is 0.00979 e. The summed E-state index contributed by atoms with van der Waals surface area (Å²) in [4.78, 5) is 0. The van der Waals surface area contributed by atoms with E-state index in [-0.39, 0.29) is 0 Å². The second-order valence-electron chi connectivity index (χ2n) is 3.63. The van der Waals surface area contributed by atoms with Gasteiger partial charge in [0.2, 0.25) is 0 Å². The van der Waals surface area contributed by atoms with Gasteiger partial charge in [0, 0.05) is 0 Å². The van der Waals surface area contributed by atoms with E-state index < -0.39 is 0 Å². The predicted molar refractivity (Wildman–Crippen MR) is 65.6 cm³/mol. The van der Waals surface area contributed by atoms with Crippen LogP contribution in [0.3, 0.4) is 0 Å². The maximum absolute atomic E-state index is 4.19. The molecule has 0 heterocycles. The Morgan fingerprint density at radius 1 is 0.769 bits per heavy atom. The van der Waals surface area contributed by atoms with Gasteiger partial charge in [0.1, 0.15) is 0 Å². The zero-order valence-corrected chi connectivity index (χ0v) is 9.70. The summed E-state index contributed by atoms with van der Waals surface area (Å²) in [7, 11) is 0. The van der Waals surface area contributed by atoms with Gasteiger partial charge in [-0.05, 0) is 25.0 Å². The number of allylic oxidation sites excluding steroid dienone is 1. The molecule has 13 heavy (non-hydrogen) atoms. The molecular formula is C12H24S. The van der Waals surface area contributed by atoms with Gasteiger partial charge >= 0.3 is 0 Å². The molecule has 0 aromatic heterocycles. The Balaban J connectivity index is 2.79. The number of hydrogen-bond donors (Lipinski definition) is 1. The Labute approximate surface area is 89.2 Å². The van der Waals surface area contributed by atoms with E-state index in [0.29, 0.717) is 0 Å². The van der Waals surface area contributed by atoms with Crippen LogP contribution in [0.25, 0.3) is 0 Å². The summed E-state index contributed by atoms with van der Waals surface area (Å²) in [6.07, 6.45) is 14.3. The number of unbranched alkanes of at least 4 members (excludes halogenated alkanes) is 8. The van der Waals surface area contributed by atoms with E-state index in [1.165, 1.54) is 57.8 Å². The average Bonchev–Trinajstić information content (AvgIpc) is 2.16. The van der Waals surface area contributed by atoms with Gasteiger partial charge in [0.15, 0.2) is 0 Å². The molecule has 0 aromatic carbocycles. The summed E-state index contributed by atoms with van der Waals surface area (Å²) >= 11 is 4.19. The Morgan fingerprint density at radius 3 is 1.69 bits per heavy atom. The Kier molecular flexibility index (Phi) is 12.2. The highest BCUT2D eigenvalue weighted by Gasteiger charge is 1.90. The monoisotopic (exact) mass is 200 g/mol. The number of thiol groups is 1. The molecular weight excluding hydrogens is 176 g/mol. The summed E-state index contributed by atoms with van der Waals surface area (Å²) in [5.41, 5.74) is 0. The van der Waals surface area contributed by atoms with Crippen molar-refractivity contribution in [1.82, 2.24) is 0 Å². The van der Waals surface area contributed by atoms with Gasteiger partial charge in [0.05, 0.1) is 0 Å². The highest BCUT2D eigenvalue weighted by molar-refractivity contribution is 7.80. The number of rotatable bonds is 10. The summed E-state index contributed by atoms with van der Waals surface area (Å²) in [5.74, 6) is 1.05. The lowest BCUT2D eigenvalue weighted by molar-refractivity contribution is 0.579. The molecule has 0 saturated heterocycles. The standard InChI is InChI=1S/C12H24S/c1-2-3-4-5-6-7-8-9-10-11-12-13/h2,13H,1,3-12H2. The maximum Gasteiger partial charge on any atom is -0.00979 e. The minimum absolute atomic E-state index is 1.05. The van der Waals surface area contributed by atoms with Crippen molar-refractivity contribution in [3.63, 3.8) is 0 Å². The van der Waals surface area contributed by atoms with Crippen molar-refractivity contribution in [1.29, 1.82) is 0 Å². The average molecular weight is 200 g/mol. The van der Waals surface area contributed by atoms with Crippen LogP contribution in [-0.4, -0.2) is 5.75 Å². The first-order valence-corrected chi connectivity index (χ1v) is 6.27. The topological polar surface area (TPSA) is 0 Å². The third kappa shape index (κ3) is 12.1. The van der Waals surface area contributed by atoms with E-state index in [1.807, 2.05) is 6.08 Å². The molecule has 1 heteroatoms. The van der Waals surface area contributed by atoms with Crippen molar-refractivity contribution < 1.29 is 0 Å². The minimum Gasteiger partial charge on any atom is -0.179 e. The first-order valence-electron chi connectivity index (χ1n) is 5.63. The molecule has 0 aliphatic heterocycles. The highest BCUT2D eigenvalue weighted by atomic mass is 32.1. The lowest BCUT2D eigenvalue weighted by atomic mass is 10.1. The van der Waals surface area contributed by atoms with Gasteiger partial charge in [-0.2, -0.15) is 12.6 Å². The zero-order valence-electron chi connectivity index (χ0n) is 8.80. The molecule has 0 aromatic rings. The van der Waals surface area contributed by atoms with Gasteiger partial charge in [-0.15, -0.1) is 6.58 Å². The Hall–Kier alpha value is 0.0900. The largest absolute Gasteiger partial charge is 0.179 e. The van der Waals surface area contributed by atoms with Crippen LogP contribution in [0.5, 0.6) is 0 Å². The molecule has 0 rings (SSSR count). The van der Waals surface area contributed by atoms with Crippen molar-refractivity contribution in [2.45, 2.75) is 57.8 Å². The van der Waals surface area contributed by atoms with Crippen molar-refractivity contribution in [3.05, 3.63) is 12.7 Å². The van der Waals surface area contributed by atoms with E-state index in [4.69, 9.17) is 0 Å². The van der Waals surface area contributed by atoms with Gasteiger partial charge in [-0.25, -0.2) is 0 Å². The molecule has 0 radical (unpaired) electrons. The van der Waals surface area contributed by atoms with Crippen molar-refractivity contribution in [2.75, 3.05) is 5.75 Å². The van der Waals surface area contributed by atoms with Crippen LogP contribution in [-0.2, 0) is 0 Å². The van der Waals surface area contributed by atoms with Crippen molar-refractivity contribution in [2.24, 2.45) is 0 Å². The van der Waals surface area contributed by atoms with Crippen LogP contribution in [0.1, 0.15) is 57.8 Å². The fraction of sp³-hybridized carbons (Fsp3) is 0.833. The van der Waals surface area contributed by atoms with Crippen LogP contribution >= 0.6 is 12.6 Å². The lowest BCUT2D eigenvalue weighted by Crippen LogP contribution is -1.81. The second kappa shape index (κ2) is 12.1. The third-order valence-electron chi connectivity index (χ3n) is 2.32. The van der Waals surface area contributed by atoms with E-state index in [1.54, 1.807) is 0 Å². The van der Waals surface area contributed by atoms with E-state index >= 15 is 0 Å². The molecule has 0 aliphatic rings. The predicted octanol–water partition coefficient (Wildman–Crippen LogP) is 4.61. The fourth-order valence-corrected chi connectivity index (χ4v) is 1.68. The van der Waals surface area contributed by atoms with Gasteiger partial charge in [-0.1, -0.05) is 44.6 Å². The maximum atomic E-state index is 4.19. The summed E-state index contributed by atoms with van der Waals surface area (Å²) in [6.45, 7) is 3.72. The summed E-state index contributed by atoms with van der Waals surface area (Å²) < 4.78 is 0. The van der Waals surface area contributed by atoms with Crippen molar-refractivity contribution in [3.8, 4) is 0 Å².